The van der Waals surface area contributed by atoms with Gasteiger partial charge in [0, 0.05) is 18.8 Å². The number of hydrogen-bond acceptors (Lipinski definition) is 3. The summed E-state index contributed by atoms with van der Waals surface area (Å²) in [5.41, 5.74) is 0.479. The summed E-state index contributed by atoms with van der Waals surface area (Å²) in [4.78, 5) is 10.6. The summed E-state index contributed by atoms with van der Waals surface area (Å²) < 4.78 is 9.73. The van der Waals surface area contributed by atoms with Gasteiger partial charge in [-0.05, 0) is 49.7 Å². The predicted octanol–water partition coefficient (Wildman–Crippen LogP) is 3.12. The first kappa shape index (κ1) is 14.9. The number of ether oxygens (including phenoxy) is 2. The SMILES string of the molecule is CCOCC.COc1ccc(C(=O)Cl)cc1. The van der Waals surface area contributed by atoms with Crippen LogP contribution in [0.1, 0.15) is 24.2 Å². The van der Waals surface area contributed by atoms with Gasteiger partial charge in [-0.2, -0.15) is 0 Å². The van der Waals surface area contributed by atoms with E-state index in [0.29, 0.717) is 11.3 Å². The van der Waals surface area contributed by atoms with E-state index in [-0.39, 0.29) is 0 Å². The second-order valence-electron chi connectivity index (χ2n) is 2.78. The second-order valence-corrected chi connectivity index (χ2v) is 3.13. The summed E-state index contributed by atoms with van der Waals surface area (Å²) in [7, 11) is 1.57. The average Bonchev–Trinajstić information content (AvgIpc) is 2.31. The Morgan fingerprint density at radius 1 is 1.19 bits per heavy atom. The zero-order valence-corrected chi connectivity index (χ0v) is 10.6. The van der Waals surface area contributed by atoms with Crippen LogP contribution >= 0.6 is 11.6 Å². The molecule has 0 N–H and O–H groups in total. The molecule has 0 atom stereocenters. The van der Waals surface area contributed by atoms with Gasteiger partial charge in [-0.3, -0.25) is 4.79 Å². The van der Waals surface area contributed by atoms with E-state index in [4.69, 9.17) is 21.1 Å². The Morgan fingerprint density at radius 3 is 1.94 bits per heavy atom. The first-order valence-corrected chi connectivity index (χ1v) is 5.45. The maximum atomic E-state index is 10.6. The molecule has 4 heteroatoms. The number of hydrogen-bond donors (Lipinski definition) is 0. The van der Waals surface area contributed by atoms with Crippen molar-refractivity contribution in [3.63, 3.8) is 0 Å². The minimum absolute atomic E-state index is 0.451. The van der Waals surface area contributed by atoms with Gasteiger partial charge in [0.15, 0.2) is 0 Å². The minimum Gasteiger partial charge on any atom is -0.497 e. The third-order valence-corrected chi connectivity index (χ3v) is 1.94. The number of halogens is 1. The topological polar surface area (TPSA) is 35.5 Å². The molecule has 0 aliphatic carbocycles. The number of carbonyl (C=O) groups is 1. The summed E-state index contributed by atoms with van der Waals surface area (Å²) in [5.74, 6) is 0.715. The van der Waals surface area contributed by atoms with Crippen LogP contribution in [0.3, 0.4) is 0 Å². The van der Waals surface area contributed by atoms with Gasteiger partial charge in [0.1, 0.15) is 5.75 Å². The fourth-order valence-electron chi connectivity index (χ4n) is 0.926. The van der Waals surface area contributed by atoms with Crippen LogP contribution in [0.4, 0.5) is 0 Å². The van der Waals surface area contributed by atoms with Crippen LogP contribution in [-0.2, 0) is 4.74 Å². The maximum absolute atomic E-state index is 10.6. The molecular weight excluding hydrogens is 228 g/mol. The number of methoxy groups -OCH3 is 1. The second kappa shape index (κ2) is 9.19. The van der Waals surface area contributed by atoms with E-state index >= 15 is 0 Å². The lowest BCUT2D eigenvalue weighted by Gasteiger charge is -1.98. The predicted molar refractivity (Wildman–Crippen MR) is 65.3 cm³/mol. The highest BCUT2D eigenvalue weighted by molar-refractivity contribution is 6.67. The summed E-state index contributed by atoms with van der Waals surface area (Å²) in [6, 6.07) is 6.62. The molecule has 1 rings (SSSR count). The molecule has 0 radical (unpaired) electrons. The van der Waals surface area contributed by atoms with Crippen LogP contribution in [0.5, 0.6) is 5.75 Å². The lowest BCUT2D eigenvalue weighted by atomic mass is 10.2. The van der Waals surface area contributed by atoms with Gasteiger partial charge in [-0.15, -0.1) is 0 Å². The van der Waals surface area contributed by atoms with Crippen LogP contribution < -0.4 is 4.74 Å². The Balaban J connectivity index is 0.000000385. The van der Waals surface area contributed by atoms with Crippen molar-refractivity contribution in [2.75, 3.05) is 20.3 Å². The first-order chi connectivity index (χ1) is 7.65. The molecule has 16 heavy (non-hydrogen) atoms. The van der Waals surface area contributed by atoms with Crippen molar-refractivity contribution in [1.29, 1.82) is 0 Å². The van der Waals surface area contributed by atoms with E-state index in [0.717, 1.165) is 13.2 Å². The molecule has 0 unspecified atom stereocenters. The highest BCUT2D eigenvalue weighted by Crippen LogP contribution is 2.12. The van der Waals surface area contributed by atoms with E-state index in [9.17, 15) is 4.79 Å². The molecule has 0 bridgehead atoms. The molecule has 0 saturated carbocycles. The average molecular weight is 245 g/mol. The van der Waals surface area contributed by atoms with Crippen LogP contribution in [0, 0.1) is 0 Å². The van der Waals surface area contributed by atoms with Gasteiger partial charge >= 0.3 is 0 Å². The molecule has 1 aromatic carbocycles. The van der Waals surface area contributed by atoms with Crippen molar-refractivity contribution in [2.45, 2.75) is 13.8 Å². The molecular formula is C12H17ClO3. The quantitative estimate of drug-likeness (QED) is 0.764. The number of rotatable bonds is 4. The minimum atomic E-state index is -0.451. The largest absolute Gasteiger partial charge is 0.497 e. The van der Waals surface area contributed by atoms with Gasteiger partial charge in [-0.1, -0.05) is 0 Å². The first-order valence-electron chi connectivity index (χ1n) is 5.07. The fraction of sp³-hybridized carbons (Fsp3) is 0.417. The van der Waals surface area contributed by atoms with E-state index < -0.39 is 5.24 Å². The molecule has 0 spiro atoms. The molecule has 0 aliphatic rings. The van der Waals surface area contributed by atoms with Crippen LogP contribution in [0.15, 0.2) is 24.3 Å². The summed E-state index contributed by atoms with van der Waals surface area (Å²) >= 11 is 5.22. The zero-order chi connectivity index (χ0) is 12.4. The maximum Gasteiger partial charge on any atom is 0.252 e. The number of benzene rings is 1. The van der Waals surface area contributed by atoms with Crippen molar-refractivity contribution in [2.24, 2.45) is 0 Å². The van der Waals surface area contributed by atoms with Crippen molar-refractivity contribution in [3.05, 3.63) is 29.8 Å². The van der Waals surface area contributed by atoms with E-state index in [2.05, 4.69) is 0 Å². The van der Waals surface area contributed by atoms with Crippen molar-refractivity contribution in [1.82, 2.24) is 0 Å². The summed E-state index contributed by atoms with van der Waals surface area (Å²) in [6.07, 6.45) is 0. The van der Waals surface area contributed by atoms with Gasteiger partial charge in [0.25, 0.3) is 5.24 Å². The molecule has 3 nitrogen and oxygen atoms in total. The zero-order valence-electron chi connectivity index (χ0n) is 9.83. The van der Waals surface area contributed by atoms with E-state index in [1.807, 2.05) is 13.8 Å². The van der Waals surface area contributed by atoms with Gasteiger partial charge in [-0.25, -0.2) is 0 Å². The molecule has 90 valence electrons. The van der Waals surface area contributed by atoms with Crippen LogP contribution in [0.2, 0.25) is 0 Å². The number of carbonyl (C=O) groups excluding carboxylic acids is 1. The highest BCUT2D eigenvalue weighted by Gasteiger charge is 1.99. The summed E-state index contributed by atoms with van der Waals surface area (Å²) in [6.45, 7) is 5.67. The molecule has 0 fully saturated rings. The molecule has 0 aromatic heterocycles. The van der Waals surface area contributed by atoms with Gasteiger partial charge < -0.3 is 9.47 Å². The normalized spacial score (nSPS) is 9.00. The Labute approximate surface area is 101 Å². The van der Waals surface area contributed by atoms with Crippen molar-refractivity contribution in [3.8, 4) is 5.75 Å². The van der Waals surface area contributed by atoms with Gasteiger partial charge in [0.05, 0.1) is 7.11 Å². The van der Waals surface area contributed by atoms with Crippen LogP contribution in [-0.4, -0.2) is 25.6 Å². The molecule has 1 aromatic rings. The standard InChI is InChI=1S/C8H7ClO2.C4H10O/c1-11-7-4-2-6(3-5-7)8(9)10;1-3-5-4-2/h2-5H,1H3;3-4H2,1-2H3. The van der Waals surface area contributed by atoms with Gasteiger partial charge in [0.2, 0.25) is 0 Å². The fourth-order valence-corrected chi connectivity index (χ4v) is 1.05. The molecule has 0 aliphatic heterocycles. The molecule has 0 heterocycles. The Kier molecular flexibility index (Phi) is 8.58. The smallest absolute Gasteiger partial charge is 0.252 e. The van der Waals surface area contributed by atoms with Crippen molar-refractivity contribution < 1.29 is 14.3 Å². The third kappa shape index (κ3) is 6.43. The lowest BCUT2D eigenvalue weighted by Crippen LogP contribution is -1.88. The Hall–Kier alpha value is -1.06. The Bertz CT molecular complexity index is 294. The Morgan fingerprint density at radius 2 is 1.69 bits per heavy atom. The summed E-state index contributed by atoms with van der Waals surface area (Å²) in [5, 5.41) is -0.451. The van der Waals surface area contributed by atoms with E-state index in [1.165, 1.54) is 0 Å². The van der Waals surface area contributed by atoms with Crippen LogP contribution in [0.25, 0.3) is 0 Å². The lowest BCUT2D eigenvalue weighted by molar-refractivity contribution is 0.108. The third-order valence-electron chi connectivity index (χ3n) is 1.73. The monoisotopic (exact) mass is 244 g/mol. The highest BCUT2D eigenvalue weighted by atomic mass is 35.5. The molecule has 0 amide bonds. The molecule has 0 saturated heterocycles. The van der Waals surface area contributed by atoms with Crippen molar-refractivity contribution >= 4 is 16.8 Å². The van der Waals surface area contributed by atoms with E-state index in [1.54, 1.807) is 31.4 Å².